The zero-order valence-corrected chi connectivity index (χ0v) is 16.6. The molecule has 0 unspecified atom stereocenters. The lowest BCUT2D eigenvalue weighted by atomic mass is 10.0. The van der Waals surface area contributed by atoms with Crippen molar-refractivity contribution in [3.05, 3.63) is 94.7 Å². The van der Waals surface area contributed by atoms with Crippen molar-refractivity contribution in [2.45, 2.75) is 6.92 Å². The second kappa shape index (κ2) is 8.62. The molecule has 1 heterocycles. The lowest BCUT2D eigenvalue weighted by Gasteiger charge is -2.03. The molecule has 154 valence electrons. The van der Waals surface area contributed by atoms with E-state index in [2.05, 4.69) is 4.98 Å². The molecule has 4 rings (SSSR count). The molecule has 0 saturated carbocycles. The average Bonchev–Trinajstić information content (AvgIpc) is 3.25. The number of ether oxygens (including phenoxy) is 1. The highest BCUT2D eigenvalue weighted by Crippen LogP contribution is 2.36. The molecule has 0 aliphatic rings. The van der Waals surface area contributed by atoms with Crippen LogP contribution < -0.4 is 0 Å². The minimum Gasteiger partial charge on any atom is -0.461 e. The number of esters is 1. The maximum Gasteiger partial charge on any atom is 0.361 e. The number of nitrogens with zero attached hydrogens (tertiary/aromatic N) is 2. The molecule has 3 aromatic carbocycles. The van der Waals surface area contributed by atoms with Crippen molar-refractivity contribution in [1.29, 1.82) is 0 Å². The third-order valence-corrected chi connectivity index (χ3v) is 4.68. The zero-order chi connectivity index (χ0) is 21.8. The molecule has 0 bridgehead atoms. The normalized spacial score (nSPS) is 10.6. The predicted molar refractivity (Wildman–Crippen MR) is 115 cm³/mol. The summed E-state index contributed by atoms with van der Waals surface area (Å²) in [4.78, 5) is 27.8. The monoisotopic (exact) mass is 414 g/mol. The summed E-state index contributed by atoms with van der Waals surface area (Å²) in [5.41, 5.74) is 2.59. The number of para-hydroxylation sites is 1. The number of nitro benzene ring substituents is 1. The summed E-state index contributed by atoms with van der Waals surface area (Å²) in [5, 5.41) is 11.5. The molecular weight excluding hydrogens is 396 g/mol. The molecule has 0 aliphatic carbocycles. The van der Waals surface area contributed by atoms with Crippen LogP contribution in [0.15, 0.2) is 83.3 Å². The molecule has 7 nitrogen and oxygen atoms in total. The Morgan fingerprint density at radius 1 is 0.935 bits per heavy atom. The minimum absolute atomic E-state index is 0.00730. The Kier molecular flexibility index (Phi) is 5.57. The van der Waals surface area contributed by atoms with E-state index in [1.165, 1.54) is 12.1 Å². The third kappa shape index (κ3) is 4.06. The largest absolute Gasteiger partial charge is 0.461 e. The van der Waals surface area contributed by atoms with Crippen LogP contribution in [0.2, 0.25) is 0 Å². The van der Waals surface area contributed by atoms with Gasteiger partial charge in [0.1, 0.15) is 0 Å². The van der Waals surface area contributed by atoms with Crippen LogP contribution in [0.4, 0.5) is 5.69 Å². The van der Waals surface area contributed by atoms with Crippen molar-refractivity contribution in [3.8, 4) is 33.9 Å². The Balaban J connectivity index is 1.79. The molecule has 0 spiro atoms. The standard InChI is InChI=1S/C24H18N2O5/c1-2-30-24(27)21-22(19-10-6-7-11-20(19)26(28)29)31-23(25-21)18-14-12-17(13-15-18)16-8-4-3-5-9-16/h3-15H,2H2,1H3. The van der Waals surface area contributed by atoms with E-state index in [9.17, 15) is 14.9 Å². The van der Waals surface area contributed by atoms with Crippen LogP contribution in [-0.2, 0) is 4.74 Å². The van der Waals surface area contributed by atoms with Gasteiger partial charge in [-0.25, -0.2) is 9.78 Å². The van der Waals surface area contributed by atoms with Crippen molar-refractivity contribution >= 4 is 11.7 Å². The average molecular weight is 414 g/mol. The highest BCUT2D eigenvalue weighted by molar-refractivity contribution is 5.95. The van der Waals surface area contributed by atoms with Crippen molar-refractivity contribution in [2.24, 2.45) is 0 Å². The van der Waals surface area contributed by atoms with Gasteiger partial charge in [-0.3, -0.25) is 10.1 Å². The predicted octanol–water partition coefficient (Wildman–Crippen LogP) is 5.76. The fourth-order valence-electron chi connectivity index (χ4n) is 3.22. The molecule has 0 amide bonds. The highest BCUT2D eigenvalue weighted by atomic mass is 16.6. The molecule has 0 fully saturated rings. The van der Waals surface area contributed by atoms with E-state index in [4.69, 9.17) is 9.15 Å². The molecule has 0 atom stereocenters. The first kappa shape index (κ1) is 20.0. The van der Waals surface area contributed by atoms with Crippen molar-refractivity contribution in [1.82, 2.24) is 4.98 Å². The van der Waals surface area contributed by atoms with Gasteiger partial charge in [0.2, 0.25) is 5.89 Å². The Bertz CT molecular complexity index is 1230. The van der Waals surface area contributed by atoms with Crippen LogP contribution >= 0.6 is 0 Å². The van der Waals surface area contributed by atoms with Gasteiger partial charge in [-0.2, -0.15) is 0 Å². The summed E-state index contributed by atoms with van der Waals surface area (Å²) in [6.07, 6.45) is 0. The molecule has 0 saturated heterocycles. The third-order valence-electron chi connectivity index (χ3n) is 4.68. The number of aromatic nitrogens is 1. The highest BCUT2D eigenvalue weighted by Gasteiger charge is 2.28. The number of benzene rings is 3. The molecule has 0 radical (unpaired) electrons. The Hall–Kier alpha value is -4.26. The second-order valence-electron chi connectivity index (χ2n) is 6.63. The topological polar surface area (TPSA) is 95.5 Å². The fraction of sp³-hybridized carbons (Fsp3) is 0.0833. The smallest absolute Gasteiger partial charge is 0.361 e. The summed E-state index contributed by atoms with van der Waals surface area (Å²) in [5.74, 6) is -0.518. The van der Waals surface area contributed by atoms with Crippen LogP contribution in [-0.4, -0.2) is 22.5 Å². The van der Waals surface area contributed by atoms with Crippen LogP contribution in [0.1, 0.15) is 17.4 Å². The number of oxazole rings is 1. The lowest BCUT2D eigenvalue weighted by molar-refractivity contribution is -0.384. The summed E-state index contributed by atoms with van der Waals surface area (Å²) in [6, 6.07) is 23.4. The van der Waals surface area contributed by atoms with Gasteiger partial charge in [0.05, 0.1) is 17.1 Å². The maximum atomic E-state index is 12.5. The van der Waals surface area contributed by atoms with E-state index in [0.717, 1.165) is 11.1 Å². The van der Waals surface area contributed by atoms with Crippen LogP contribution in [0.5, 0.6) is 0 Å². The number of nitro groups is 1. The lowest BCUT2D eigenvalue weighted by Crippen LogP contribution is -2.07. The maximum absolute atomic E-state index is 12.5. The van der Waals surface area contributed by atoms with Crippen LogP contribution in [0, 0.1) is 10.1 Å². The summed E-state index contributed by atoms with van der Waals surface area (Å²) in [6.45, 7) is 1.81. The molecule has 0 aliphatic heterocycles. The van der Waals surface area contributed by atoms with E-state index in [0.29, 0.717) is 5.56 Å². The van der Waals surface area contributed by atoms with Gasteiger partial charge in [-0.15, -0.1) is 0 Å². The van der Waals surface area contributed by atoms with Gasteiger partial charge in [0.25, 0.3) is 5.69 Å². The minimum atomic E-state index is -0.702. The first-order valence-electron chi connectivity index (χ1n) is 9.66. The molecule has 0 N–H and O–H groups in total. The number of hydrogen-bond acceptors (Lipinski definition) is 6. The van der Waals surface area contributed by atoms with Gasteiger partial charge in [-0.1, -0.05) is 54.6 Å². The number of carbonyl (C=O) groups excluding carboxylic acids is 1. The number of carbonyl (C=O) groups is 1. The van der Waals surface area contributed by atoms with Gasteiger partial charge in [0, 0.05) is 11.6 Å². The molecule has 4 aromatic rings. The first-order chi connectivity index (χ1) is 15.1. The molecular formula is C24H18N2O5. The van der Waals surface area contributed by atoms with Gasteiger partial charge in [0.15, 0.2) is 11.5 Å². The quantitative estimate of drug-likeness (QED) is 0.226. The van der Waals surface area contributed by atoms with Crippen LogP contribution in [0.3, 0.4) is 0 Å². The second-order valence-corrected chi connectivity index (χ2v) is 6.63. The zero-order valence-electron chi connectivity index (χ0n) is 16.6. The van der Waals surface area contributed by atoms with Crippen molar-refractivity contribution in [2.75, 3.05) is 6.61 Å². The summed E-state index contributed by atoms with van der Waals surface area (Å²) in [7, 11) is 0. The van der Waals surface area contributed by atoms with Gasteiger partial charge < -0.3 is 9.15 Å². The van der Waals surface area contributed by atoms with E-state index in [-0.39, 0.29) is 35.2 Å². The fourth-order valence-corrected chi connectivity index (χ4v) is 3.22. The number of rotatable bonds is 6. The Morgan fingerprint density at radius 2 is 1.55 bits per heavy atom. The number of hydrogen-bond donors (Lipinski definition) is 0. The van der Waals surface area contributed by atoms with Gasteiger partial charge in [-0.05, 0) is 36.2 Å². The molecule has 1 aromatic heterocycles. The summed E-state index contributed by atoms with van der Waals surface area (Å²) >= 11 is 0. The van der Waals surface area contributed by atoms with Crippen molar-refractivity contribution < 1.29 is 18.9 Å². The molecule has 31 heavy (non-hydrogen) atoms. The SMILES string of the molecule is CCOC(=O)c1nc(-c2ccc(-c3ccccc3)cc2)oc1-c1ccccc1[N+](=O)[O-]. The van der Waals surface area contributed by atoms with Crippen LogP contribution in [0.25, 0.3) is 33.9 Å². The van der Waals surface area contributed by atoms with E-state index >= 15 is 0 Å². The summed E-state index contributed by atoms with van der Waals surface area (Å²) < 4.78 is 11.0. The molecule has 7 heteroatoms. The Labute approximate surface area is 178 Å². The van der Waals surface area contributed by atoms with E-state index in [1.54, 1.807) is 19.1 Å². The Morgan fingerprint density at radius 3 is 2.23 bits per heavy atom. The van der Waals surface area contributed by atoms with Crippen molar-refractivity contribution in [3.63, 3.8) is 0 Å². The first-order valence-corrected chi connectivity index (χ1v) is 9.66. The van der Waals surface area contributed by atoms with E-state index in [1.807, 2.05) is 54.6 Å². The van der Waals surface area contributed by atoms with E-state index < -0.39 is 10.9 Å². The van der Waals surface area contributed by atoms with Gasteiger partial charge >= 0.3 is 5.97 Å².